The number of rotatable bonds is 8. The lowest BCUT2D eigenvalue weighted by molar-refractivity contribution is -0.116. The van der Waals surface area contributed by atoms with Gasteiger partial charge in [0.05, 0.1) is 0 Å². The van der Waals surface area contributed by atoms with Gasteiger partial charge < -0.3 is 5.32 Å². The van der Waals surface area contributed by atoms with E-state index in [9.17, 15) is 4.79 Å². The zero-order chi connectivity index (χ0) is 18.2. The van der Waals surface area contributed by atoms with E-state index in [-0.39, 0.29) is 11.8 Å². The number of thioether (sulfide) groups is 1. The van der Waals surface area contributed by atoms with Crippen LogP contribution < -0.4 is 5.32 Å². The van der Waals surface area contributed by atoms with Gasteiger partial charge in [-0.25, -0.2) is 0 Å². The lowest BCUT2D eigenvalue weighted by Gasteiger charge is -2.10. The number of nitrogens with one attached hydrogen (secondary N) is 1. The van der Waals surface area contributed by atoms with Crippen molar-refractivity contribution in [3.8, 4) is 0 Å². The van der Waals surface area contributed by atoms with Gasteiger partial charge in [0.1, 0.15) is 5.01 Å². The van der Waals surface area contributed by atoms with Crippen LogP contribution in [0.5, 0.6) is 0 Å². The van der Waals surface area contributed by atoms with Gasteiger partial charge in [0.2, 0.25) is 11.0 Å². The average Bonchev–Trinajstić information content (AvgIpc) is 3.10. The molecule has 26 heavy (non-hydrogen) atoms. The Hall–Kier alpha value is -2.18. The summed E-state index contributed by atoms with van der Waals surface area (Å²) in [7, 11) is 0. The molecule has 1 heterocycles. The summed E-state index contributed by atoms with van der Waals surface area (Å²) < 4.78 is 0. The zero-order valence-electron chi connectivity index (χ0n) is 14.6. The van der Waals surface area contributed by atoms with E-state index < -0.39 is 0 Å². The van der Waals surface area contributed by atoms with Crippen molar-refractivity contribution in [2.45, 2.75) is 30.8 Å². The van der Waals surface area contributed by atoms with E-state index in [2.05, 4.69) is 34.6 Å². The Labute approximate surface area is 162 Å². The van der Waals surface area contributed by atoms with Crippen molar-refractivity contribution in [1.29, 1.82) is 0 Å². The summed E-state index contributed by atoms with van der Waals surface area (Å²) in [5.41, 5.74) is 2.46. The van der Waals surface area contributed by atoms with E-state index in [1.54, 1.807) is 11.8 Å². The van der Waals surface area contributed by atoms with Crippen molar-refractivity contribution in [3.05, 3.63) is 76.8 Å². The van der Waals surface area contributed by atoms with E-state index in [1.807, 2.05) is 48.5 Å². The molecular formula is C20H21N3OS2. The molecule has 2 aromatic carbocycles. The molecule has 1 amide bonds. The highest BCUT2D eigenvalue weighted by Gasteiger charge is 2.13. The molecule has 0 aliphatic heterocycles. The van der Waals surface area contributed by atoms with Gasteiger partial charge in [-0.3, -0.25) is 4.79 Å². The van der Waals surface area contributed by atoms with Crippen LogP contribution in [0.4, 0.5) is 5.13 Å². The summed E-state index contributed by atoms with van der Waals surface area (Å²) in [6, 6.07) is 20.4. The topological polar surface area (TPSA) is 54.9 Å². The number of carbonyl (C=O) groups excluding carboxylic acids is 1. The van der Waals surface area contributed by atoms with Crippen LogP contribution in [-0.2, 0) is 16.3 Å². The second kappa shape index (κ2) is 9.50. The Morgan fingerprint density at radius 1 is 1.04 bits per heavy atom. The smallest absolute Gasteiger partial charge is 0.226 e. The summed E-state index contributed by atoms with van der Waals surface area (Å²) in [5.74, 6) is 1.88. The number of hydrogen-bond acceptors (Lipinski definition) is 5. The first-order chi connectivity index (χ1) is 12.7. The third kappa shape index (κ3) is 5.68. The normalized spacial score (nSPS) is 11.9. The van der Waals surface area contributed by atoms with Crippen LogP contribution in [0.2, 0.25) is 0 Å². The minimum Gasteiger partial charge on any atom is -0.301 e. The molecule has 3 rings (SSSR count). The van der Waals surface area contributed by atoms with Gasteiger partial charge in [-0.05, 0) is 17.0 Å². The summed E-state index contributed by atoms with van der Waals surface area (Å²) >= 11 is 3.24. The second-order valence-corrected chi connectivity index (χ2v) is 8.09. The number of aromatic nitrogens is 2. The van der Waals surface area contributed by atoms with Crippen LogP contribution in [0.15, 0.2) is 60.7 Å². The molecule has 0 spiro atoms. The lowest BCUT2D eigenvalue weighted by atomic mass is 9.98. The van der Waals surface area contributed by atoms with Crippen molar-refractivity contribution >= 4 is 34.1 Å². The number of amides is 1. The first kappa shape index (κ1) is 18.6. The van der Waals surface area contributed by atoms with Crippen LogP contribution >= 0.6 is 23.1 Å². The minimum atomic E-state index is -0.0269. The summed E-state index contributed by atoms with van der Waals surface area (Å²) in [6.45, 7) is 2.06. The van der Waals surface area contributed by atoms with Gasteiger partial charge in [-0.1, -0.05) is 78.9 Å². The SMILES string of the molecule is CC(CC(=O)Nc1nnc(CSCc2ccccc2)s1)c1ccccc1. The predicted octanol–water partition coefficient (Wildman–Crippen LogP) is 5.10. The van der Waals surface area contributed by atoms with Crippen LogP contribution in [0.1, 0.15) is 35.4 Å². The van der Waals surface area contributed by atoms with Crippen LogP contribution in [0.25, 0.3) is 0 Å². The largest absolute Gasteiger partial charge is 0.301 e. The van der Waals surface area contributed by atoms with Crippen molar-refractivity contribution in [2.24, 2.45) is 0 Å². The monoisotopic (exact) mass is 383 g/mol. The van der Waals surface area contributed by atoms with E-state index in [4.69, 9.17) is 0 Å². The lowest BCUT2D eigenvalue weighted by Crippen LogP contribution is -2.14. The van der Waals surface area contributed by atoms with Crippen molar-refractivity contribution in [3.63, 3.8) is 0 Å². The summed E-state index contributed by atoms with van der Waals surface area (Å²) in [6.07, 6.45) is 0.432. The maximum absolute atomic E-state index is 12.2. The predicted molar refractivity (Wildman–Crippen MR) is 109 cm³/mol. The highest BCUT2D eigenvalue weighted by Crippen LogP contribution is 2.24. The fraction of sp³-hybridized carbons (Fsp3) is 0.250. The summed E-state index contributed by atoms with van der Waals surface area (Å²) in [4.78, 5) is 12.2. The van der Waals surface area contributed by atoms with Crippen LogP contribution in [0.3, 0.4) is 0 Å². The molecule has 1 atom stereocenters. The molecule has 0 radical (unpaired) electrons. The molecule has 6 heteroatoms. The van der Waals surface area contributed by atoms with Gasteiger partial charge in [0.15, 0.2) is 0 Å². The first-order valence-corrected chi connectivity index (χ1v) is 10.5. The molecule has 0 bridgehead atoms. The average molecular weight is 384 g/mol. The van der Waals surface area contributed by atoms with Gasteiger partial charge in [-0.2, -0.15) is 0 Å². The maximum atomic E-state index is 12.2. The number of benzene rings is 2. The summed E-state index contributed by atoms with van der Waals surface area (Å²) in [5, 5.41) is 12.6. The molecule has 134 valence electrons. The van der Waals surface area contributed by atoms with Gasteiger partial charge in [-0.15, -0.1) is 22.0 Å². The third-order valence-corrected chi connectivity index (χ3v) is 5.95. The molecule has 1 aromatic heterocycles. The van der Waals surface area contributed by atoms with Crippen LogP contribution in [-0.4, -0.2) is 16.1 Å². The maximum Gasteiger partial charge on any atom is 0.226 e. The Morgan fingerprint density at radius 3 is 2.46 bits per heavy atom. The van der Waals surface area contributed by atoms with E-state index in [1.165, 1.54) is 16.9 Å². The number of hydrogen-bond donors (Lipinski definition) is 1. The fourth-order valence-electron chi connectivity index (χ4n) is 2.54. The van der Waals surface area contributed by atoms with Crippen molar-refractivity contribution in [1.82, 2.24) is 10.2 Å². The Bertz CT molecular complexity index is 821. The zero-order valence-corrected chi connectivity index (χ0v) is 16.2. The van der Waals surface area contributed by atoms with Crippen molar-refractivity contribution < 1.29 is 4.79 Å². The molecule has 0 fully saturated rings. The van der Waals surface area contributed by atoms with Crippen molar-refractivity contribution in [2.75, 3.05) is 5.32 Å². The van der Waals surface area contributed by atoms with Crippen LogP contribution in [0, 0.1) is 0 Å². The van der Waals surface area contributed by atoms with E-state index in [0.29, 0.717) is 11.6 Å². The Balaban J connectivity index is 1.45. The second-order valence-electron chi connectivity index (χ2n) is 6.04. The molecule has 1 N–H and O–H groups in total. The molecule has 0 aliphatic carbocycles. The molecular weight excluding hydrogens is 362 g/mol. The number of nitrogens with zero attached hydrogens (tertiary/aromatic N) is 2. The van der Waals surface area contributed by atoms with Gasteiger partial charge in [0.25, 0.3) is 0 Å². The molecule has 0 saturated heterocycles. The highest BCUT2D eigenvalue weighted by molar-refractivity contribution is 7.97. The Kier molecular flexibility index (Phi) is 6.80. The number of anilines is 1. The highest BCUT2D eigenvalue weighted by atomic mass is 32.2. The van der Waals surface area contributed by atoms with E-state index >= 15 is 0 Å². The third-order valence-electron chi connectivity index (χ3n) is 3.91. The molecule has 4 nitrogen and oxygen atoms in total. The Morgan fingerprint density at radius 2 is 1.73 bits per heavy atom. The molecule has 0 saturated carbocycles. The minimum absolute atomic E-state index is 0.0269. The van der Waals surface area contributed by atoms with Gasteiger partial charge in [0, 0.05) is 17.9 Å². The standard InChI is InChI=1S/C20H21N3OS2/c1-15(17-10-6-3-7-11-17)12-18(24)21-20-23-22-19(26-20)14-25-13-16-8-4-2-5-9-16/h2-11,15H,12-14H2,1H3,(H,21,23,24). The molecule has 3 aromatic rings. The number of carbonyl (C=O) groups is 1. The first-order valence-electron chi connectivity index (χ1n) is 8.49. The quantitative estimate of drug-likeness (QED) is 0.588. The molecule has 0 aliphatic rings. The molecule has 1 unspecified atom stereocenters. The fourth-order valence-corrected chi connectivity index (χ4v) is 4.34. The van der Waals surface area contributed by atoms with Gasteiger partial charge >= 0.3 is 0 Å². The van der Waals surface area contributed by atoms with E-state index in [0.717, 1.165) is 22.1 Å².